The molecule has 3 rings (SSSR count). The first kappa shape index (κ1) is 12.8. The van der Waals surface area contributed by atoms with E-state index in [1.165, 1.54) is 4.31 Å². The van der Waals surface area contributed by atoms with Crippen molar-refractivity contribution in [1.82, 2.24) is 4.31 Å². The van der Waals surface area contributed by atoms with Crippen LogP contribution in [0.15, 0.2) is 57.9 Å². The standard InChI is InChI=1S/C14H12BrNO2S/c1-16-14(10-6-8-11(15)9-7-10)12-4-2-3-5-13(12)19(16,17)18/h2-9,14H,1H3. The van der Waals surface area contributed by atoms with Gasteiger partial charge in [-0.3, -0.25) is 0 Å². The van der Waals surface area contributed by atoms with Crippen LogP contribution in [0.25, 0.3) is 0 Å². The highest BCUT2D eigenvalue weighted by Gasteiger charge is 2.40. The van der Waals surface area contributed by atoms with E-state index in [9.17, 15) is 8.42 Å². The zero-order valence-corrected chi connectivity index (χ0v) is 12.6. The summed E-state index contributed by atoms with van der Waals surface area (Å²) < 4.78 is 27.1. The molecule has 19 heavy (non-hydrogen) atoms. The van der Waals surface area contributed by atoms with Gasteiger partial charge in [-0.2, -0.15) is 4.31 Å². The molecule has 0 amide bonds. The molecule has 1 unspecified atom stereocenters. The van der Waals surface area contributed by atoms with Crippen LogP contribution in [-0.4, -0.2) is 19.8 Å². The van der Waals surface area contributed by atoms with Gasteiger partial charge in [-0.25, -0.2) is 8.42 Å². The summed E-state index contributed by atoms with van der Waals surface area (Å²) in [7, 11) is -1.74. The van der Waals surface area contributed by atoms with Crippen LogP contribution in [0.3, 0.4) is 0 Å². The normalized spacial score (nSPS) is 21.3. The van der Waals surface area contributed by atoms with Gasteiger partial charge >= 0.3 is 0 Å². The predicted octanol–water partition coefficient (Wildman–Crippen LogP) is 3.17. The Balaban J connectivity index is 2.21. The van der Waals surface area contributed by atoms with E-state index < -0.39 is 10.0 Å². The van der Waals surface area contributed by atoms with Crippen molar-refractivity contribution in [2.75, 3.05) is 7.05 Å². The molecular weight excluding hydrogens is 326 g/mol. The summed E-state index contributed by atoms with van der Waals surface area (Å²) in [6, 6.07) is 14.7. The first-order valence-electron chi connectivity index (χ1n) is 5.84. The predicted molar refractivity (Wildman–Crippen MR) is 77.4 cm³/mol. The maximum absolute atomic E-state index is 12.4. The molecule has 0 fully saturated rings. The number of hydrogen-bond acceptors (Lipinski definition) is 2. The second kappa shape index (κ2) is 4.44. The van der Waals surface area contributed by atoms with E-state index in [4.69, 9.17) is 0 Å². The minimum atomic E-state index is -3.37. The molecule has 1 aliphatic rings. The highest BCUT2D eigenvalue weighted by molar-refractivity contribution is 9.10. The number of sulfonamides is 1. The Bertz CT molecular complexity index is 725. The molecule has 2 aromatic rings. The molecule has 0 aliphatic carbocycles. The fraction of sp³-hybridized carbons (Fsp3) is 0.143. The molecule has 2 aromatic carbocycles. The Hall–Kier alpha value is -1.17. The Morgan fingerprint density at radius 2 is 1.68 bits per heavy atom. The van der Waals surface area contributed by atoms with Crippen LogP contribution < -0.4 is 0 Å². The van der Waals surface area contributed by atoms with Crippen molar-refractivity contribution >= 4 is 26.0 Å². The minimum Gasteiger partial charge on any atom is -0.207 e. The van der Waals surface area contributed by atoms with Gasteiger partial charge in [0.2, 0.25) is 10.0 Å². The van der Waals surface area contributed by atoms with E-state index in [-0.39, 0.29) is 6.04 Å². The monoisotopic (exact) mass is 337 g/mol. The lowest BCUT2D eigenvalue weighted by atomic mass is 9.99. The largest absolute Gasteiger partial charge is 0.244 e. The van der Waals surface area contributed by atoms with Crippen molar-refractivity contribution < 1.29 is 8.42 Å². The number of nitrogens with zero attached hydrogens (tertiary/aromatic N) is 1. The van der Waals surface area contributed by atoms with Crippen LogP contribution in [0.2, 0.25) is 0 Å². The molecule has 0 saturated heterocycles. The summed E-state index contributed by atoms with van der Waals surface area (Å²) in [6.45, 7) is 0. The number of halogens is 1. The smallest absolute Gasteiger partial charge is 0.207 e. The zero-order chi connectivity index (χ0) is 13.6. The number of hydrogen-bond donors (Lipinski definition) is 0. The lowest BCUT2D eigenvalue weighted by molar-refractivity contribution is 0.440. The molecule has 1 heterocycles. The van der Waals surface area contributed by atoms with Gasteiger partial charge in [0.05, 0.1) is 10.9 Å². The summed E-state index contributed by atoms with van der Waals surface area (Å²) in [4.78, 5) is 0.408. The third-order valence-electron chi connectivity index (χ3n) is 3.42. The van der Waals surface area contributed by atoms with Gasteiger partial charge in [0.25, 0.3) is 0 Å². The van der Waals surface area contributed by atoms with Crippen LogP contribution in [0.5, 0.6) is 0 Å². The summed E-state index contributed by atoms with van der Waals surface area (Å²) in [5.74, 6) is 0. The van der Waals surface area contributed by atoms with Crippen molar-refractivity contribution in [3.8, 4) is 0 Å². The van der Waals surface area contributed by atoms with Gasteiger partial charge < -0.3 is 0 Å². The summed E-state index contributed by atoms with van der Waals surface area (Å²) in [6.07, 6.45) is 0. The Morgan fingerprint density at radius 1 is 1.05 bits per heavy atom. The molecule has 5 heteroatoms. The first-order valence-corrected chi connectivity index (χ1v) is 8.07. The Morgan fingerprint density at radius 3 is 2.37 bits per heavy atom. The van der Waals surface area contributed by atoms with Crippen LogP contribution >= 0.6 is 15.9 Å². The molecule has 1 aliphatic heterocycles. The molecule has 1 atom stereocenters. The molecule has 3 nitrogen and oxygen atoms in total. The number of benzene rings is 2. The molecule has 0 N–H and O–H groups in total. The molecule has 0 radical (unpaired) electrons. The summed E-state index contributed by atoms with van der Waals surface area (Å²) >= 11 is 3.39. The Kier molecular flexibility index (Phi) is 3.00. The number of rotatable bonds is 1. The SMILES string of the molecule is CN1C(c2ccc(Br)cc2)c2ccccc2S1(=O)=O. The molecular formula is C14H12BrNO2S. The van der Waals surface area contributed by atoms with Crippen molar-refractivity contribution in [1.29, 1.82) is 0 Å². The quantitative estimate of drug-likeness (QED) is 0.801. The van der Waals surface area contributed by atoms with Gasteiger partial charge in [0, 0.05) is 11.5 Å². The molecule has 0 spiro atoms. The topological polar surface area (TPSA) is 37.4 Å². The van der Waals surface area contributed by atoms with E-state index in [0.29, 0.717) is 4.90 Å². The summed E-state index contributed by atoms with van der Waals surface area (Å²) in [5.41, 5.74) is 1.81. The van der Waals surface area contributed by atoms with E-state index in [1.807, 2.05) is 36.4 Å². The van der Waals surface area contributed by atoms with Crippen LogP contribution in [0.4, 0.5) is 0 Å². The lowest BCUT2D eigenvalue weighted by Crippen LogP contribution is -2.24. The first-order chi connectivity index (χ1) is 9.01. The van der Waals surface area contributed by atoms with Crippen LogP contribution in [0, 0.1) is 0 Å². The van der Waals surface area contributed by atoms with Gasteiger partial charge in [-0.1, -0.05) is 46.3 Å². The number of fused-ring (bicyclic) bond motifs is 1. The van der Waals surface area contributed by atoms with E-state index in [2.05, 4.69) is 15.9 Å². The molecule has 98 valence electrons. The summed E-state index contributed by atoms with van der Waals surface area (Å²) in [5, 5.41) is 0. The van der Waals surface area contributed by atoms with E-state index >= 15 is 0 Å². The molecule has 0 aromatic heterocycles. The van der Waals surface area contributed by atoms with Gasteiger partial charge in [0.15, 0.2) is 0 Å². The molecule has 0 bridgehead atoms. The van der Waals surface area contributed by atoms with Crippen molar-refractivity contribution in [2.24, 2.45) is 0 Å². The van der Waals surface area contributed by atoms with Gasteiger partial charge in [-0.15, -0.1) is 0 Å². The van der Waals surface area contributed by atoms with Crippen LogP contribution in [-0.2, 0) is 10.0 Å². The van der Waals surface area contributed by atoms with Gasteiger partial charge in [0.1, 0.15) is 0 Å². The minimum absolute atomic E-state index is 0.241. The molecule has 0 saturated carbocycles. The zero-order valence-electron chi connectivity index (χ0n) is 10.2. The Labute approximate surface area is 121 Å². The third-order valence-corrected chi connectivity index (χ3v) is 5.85. The van der Waals surface area contributed by atoms with Crippen molar-refractivity contribution in [3.05, 3.63) is 64.1 Å². The highest BCUT2D eigenvalue weighted by Crippen LogP contribution is 2.41. The fourth-order valence-electron chi connectivity index (χ4n) is 2.47. The second-order valence-corrected chi connectivity index (χ2v) is 7.39. The van der Waals surface area contributed by atoms with Gasteiger partial charge in [-0.05, 0) is 29.3 Å². The second-order valence-electron chi connectivity index (χ2n) is 4.51. The van der Waals surface area contributed by atoms with Crippen molar-refractivity contribution in [3.63, 3.8) is 0 Å². The highest BCUT2D eigenvalue weighted by atomic mass is 79.9. The average molecular weight is 338 g/mol. The average Bonchev–Trinajstić information content (AvgIpc) is 2.60. The maximum Gasteiger partial charge on any atom is 0.244 e. The van der Waals surface area contributed by atoms with Crippen LogP contribution in [0.1, 0.15) is 17.2 Å². The third kappa shape index (κ3) is 1.93. The maximum atomic E-state index is 12.4. The van der Waals surface area contributed by atoms with E-state index in [1.54, 1.807) is 19.2 Å². The lowest BCUT2D eigenvalue weighted by Gasteiger charge is -2.19. The van der Waals surface area contributed by atoms with Crippen molar-refractivity contribution in [2.45, 2.75) is 10.9 Å². The fourth-order valence-corrected chi connectivity index (χ4v) is 4.28. The van der Waals surface area contributed by atoms with E-state index in [0.717, 1.165) is 15.6 Å².